The van der Waals surface area contributed by atoms with Crippen molar-refractivity contribution in [1.29, 1.82) is 0 Å². The van der Waals surface area contributed by atoms with Crippen LogP contribution in [0.1, 0.15) is 24.5 Å². The number of ether oxygens (including phenoxy) is 1. The van der Waals surface area contributed by atoms with Crippen molar-refractivity contribution in [2.24, 2.45) is 0 Å². The Labute approximate surface area is 119 Å². The third-order valence-corrected chi connectivity index (χ3v) is 2.75. The van der Waals surface area contributed by atoms with E-state index in [0.29, 0.717) is 13.0 Å². The monoisotopic (exact) mass is 270 g/mol. The van der Waals surface area contributed by atoms with Crippen LogP contribution in [0.5, 0.6) is 5.75 Å². The Kier molecular flexibility index (Phi) is 5.22. The molecule has 2 aromatic rings. The van der Waals surface area contributed by atoms with Crippen LogP contribution in [0.3, 0.4) is 0 Å². The van der Waals surface area contributed by atoms with E-state index in [-0.39, 0.29) is 6.61 Å². The van der Waals surface area contributed by atoms with E-state index in [0.717, 1.165) is 23.4 Å². The molecule has 0 unspecified atom stereocenters. The van der Waals surface area contributed by atoms with Crippen molar-refractivity contribution in [3.8, 4) is 17.6 Å². The fourth-order valence-electron chi connectivity index (χ4n) is 1.72. The minimum atomic E-state index is 0.0756. The second-order valence-electron chi connectivity index (χ2n) is 4.26. The third kappa shape index (κ3) is 3.87. The fourth-order valence-corrected chi connectivity index (χ4v) is 1.72. The van der Waals surface area contributed by atoms with Crippen molar-refractivity contribution in [2.75, 3.05) is 6.61 Å². The summed E-state index contributed by atoms with van der Waals surface area (Å²) in [7, 11) is 0. The summed E-state index contributed by atoms with van der Waals surface area (Å²) in [5.41, 5.74) is 1.87. The lowest BCUT2D eigenvalue weighted by molar-refractivity contribution is 0.304. The molecule has 1 N–H and O–H groups in total. The molecule has 0 saturated carbocycles. The van der Waals surface area contributed by atoms with Gasteiger partial charge in [0.15, 0.2) is 0 Å². The Balaban J connectivity index is 2.04. The molecule has 0 saturated heterocycles. The van der Waals surface area contributed by atoms with E-state index < -0.39 is 0 Å². The Morgan fingerprint density at radius 3 is 2.95 bits per heavy atom. The molecule has 0 spiro atoms. The number of hydrogen-bond acceptors (Lipinski definition) is 3. The van der Waals surface area contributed by atoms with E-state index in [2.05, 4.69) is 16.9 Å². The summed E-state index contributed by atoms with van der Waals surface area (Å²) < 4.78 is 7.66. The van der Waals surface area contributed by atoms with Crippen LogP contribution in [0, 0.1) is 11.8 Å². The van der Waals surface area contributed by atoms with Gasteiger partial charge in [0.1, 0.15) is 12.4 Å². The van der Waals surface area contributed by atoms with E-state index in [9.17, 15) is 0 Å². The number of aromatic nitrogens is 2. The molecule has 0 aliphatic heterocycles. The number of aryl methyl sites for hydroxylation is 1. The molecule has 104 valence electrons. The van der Waals surface area contributed by atoms with Gasteiger partial charge in [0.2, 0.25) is 0 Å². The van der Waals surface area contributed by atoms with Crippen LogP contribution in [-0.4, -0.2) is 21.5 Å². The van der Waals surface area contributed by atoms with Gasteiger partial charge in [-0.1, -0.05) is 24.0 Å². The van der Waals surface area contributed by atoms with Crippen molar-refractivity contribution < 1.29 is 9.84 Å². The second kappa shape index (κ2) is 7.37. The van der Waals surface area contributed by atoms with Gasteiger partial charge in [-0.25, -0.2) is 0 Å². The number of benzene rings is 1. The Hall–Kier alpha value is -2.25. The summed E-state index contributed by atoms with van der Waals surface area (Å²) >= 11 is 0. The largest absolute Gasteiger partial charge is 0.487 e. The van der Waals surface area contributed by atoms with Gasteiger partial charge in [-0.05, 0) is 19.1 Å². The summed E-state index contributed by atoms with van der Waals surface area (Å²) in [5, 5.41) is 13.0. The minimum absolute atomic E-state index is 0.0756. The first-order valence-electron chi connectivity index (χ1n) is 6.66. The van der Waals surface area contributed by atoms with Crippen LogP contribution in [0.4, 0.5) is 0 Å². The molecule has 1 aromatic heterocycles. The molecule has 4 nitrogen and oxygen atoms in total. The maximum absolute atomic E-state index is 8.75. The predicted molar refractivity (Wildman–Crippen MR) is 77.3 cm³/mol. The van der Waals surface area contributed by atoms with Gasteiger partial charge in [-0.2, -0.15) is 5.10 Å². The first-order chi connectivity index (χ1) is 9.83. The highest BCUT2D eigenvalue weighted by Gasteiger charge is 2.02. The van der Waals surface area contributed by atoms with E-state index in [1.165, 1.54) is 0 Å². The summed E-state index contributed by atoms with van der Waals surface area (Å²) in [6.45, 7) is 3.44. The number of aliphatic hydroxyl groups is 1. The molecule has 1 heterocycles. The molecule has 0 aliphatic carbocycles. The molecule has 0 radical (unpaired) electrons. The Bertz CT molecular complexity index is 608. The third-order valence-electron chi connectivity index (χ3n) is 2.75. The summed E-state index contributed by atoms with van der Waals surface area (Å²) in [4.78, 5) is 0. The highest BCUT2D eigenvalue weighted by molar-refractivity contribution is 5.45. The zero-order valence-corrected chi connectivity index (χ0v) is 11.5. The lowest BCUT2D eigenvalue weighted by Crippen LogP contribution is -1.97. The number of para-hydroxylation sites is 1. The van der Waals surface area contributed by atoms with Crippen molar-refractivity contribution in [1.82, 2.24) is 9.78 Å². The molecule has 0 atom stereocenters. The second-order valence-corrected chi connectivity index (χ2v) is 4.26. The molecule has 0 aliphatic rings. The van der Waals surface area contributed by atoms with Gasteiger partial charge < -0.3 is 9.84 Å². The van der Waals surface area contributed by atoms with E-state index in [1.807, 2.05) is 48.3 Å². The molecular weight excluding hydrogens is 252 g/mol. The molecule has 2 rings (SSSR count). The average Bonchev–Trinajstić information content (AvgIpc) is 2.94. The number of aliphatic hydroxyl groups excluding tert-OH is 1. The van der Waals surface area contributed by atoms with E-state index >= 15 is 0 Å². The number of rotatable bonds is 5. The Morgan fingerprint density at radius 1 is 1.35 bits per heavy atom. The standard InChI is InChI=1S/C16H18N2O2/c1-2-18-12-14(11-17-18)13-20-16-9-4-3-7-15(16)8-5-6-10-19/h3-4,7,9,11-12,19H,2,6,10,13H2,1H3. The molecule has 20 heavy (non-hydrogen) atoms. The van der Waals surface area contributed by atoms with Gasteiger partial charge in [0, 0.05) is 24.7 Å². The summed E-state index contributed by atoms with van der Waals surface area (Å²) in [6, 6.07) is 7.65. The lowest BCUT2D eigenvalue weighted by atomic mass is 10.2. The van der Waals surface area contributed by atoms with Crippen molar-refractivity contribution >= 4 is 0 Å². The van der Waals surface area contributed by atoms with Crippen LogP contribution in [0.15, 0.2) is 36.7 Å². The SMILES string of the molecule is CCn1cc(COc2ccccc2C#CCCO)cn1. The van der Waals surface area contributed by atoms with Crippen LogP contribution < -0.4 is 4.74 Å². The lowest BCUT2D eigenvalue weighted by Gasteiger charge is -2.06. The summed E-state index contributed by atoms with van der Waals surface area (Å²) in [5.74, 6) is 6.67. The zero-order valence-electron chi connectivity index (χ0n) is 11.5. The van der Waals surface area contributed by atoms with E-state index in [4.69, 9.17) is 9.84 Å². The average molecular weight is 270 g/mol. The van der Waals surface area contributed by atoms with Gasteiger partial charge in [0.05, 0.1) is 18.4 Å². The first kappa shape index (κ1) is 14.2. The fraction of sp³-hybridized carbons (Fsp3) is 0.312. The zero-order chi connectivity index (χ0) is 14.2. The van der Waals surface area contributed by atoms with Crippen LogP contribution in [-0.2, 0) is 13.2 Å². The molecule has 1 aromatic carbocycles. The predicted octanol–water partition coefficient (Wildman–Crippen LogP) is 2.22. The topological polar surface area (TPSA) is 47.3 Å². The number of nitrogens with zero attached hydrogens (tertiary/aromatic N) is 2. The highest BCUT2D eigenvalue weighted by atomic mass is 16.5. The smallest absolute Gasteiger partial charge is 0.135 e. The maximum Gasteiger partial charge on any atom is 0.135 e. The van der Waals surface area contributed by atoms with Crippen LogP contribution in [0.2, 0.25) is 0 Å². The number of hydrogen-bond donors (Lipinski definition) is 1. The van der Waals surface area contributed by atoms with Gasteiger partial charge in [-0.15, -0.1) is 0 Å². The Morgan fingerprint density at radius 2 is 2.20 bits per heavy atom. The molecular formula is C16H18N2O2. The van der Waals surface area contributed by atoms with Crippen LogP contribution >= 0.6 is 0 Å². The molecule has 0 amide bonds. The van der Waals surface area contributed by atoms with Gasteiger partial charge in [0.25, 0.3) is 0 Å². The van der Waals surface area contributed by atoms with E-state index in [1.54, 1.807) is 0 Å². The normalized spacial score (nSPS) is 9.90. The summed E-state index contributed by atoms with van der Waals surface area (Å²) in [6.07, 6.45) is 4.25. The molecule has 0 fully saturated rings. The van der Waals surface area contributed by atoms with Crippen molar-refractivity contribution in [2.45, 2.75) is 26.5 Å². The minimum Gasteiger partial charge on any atom is -0.487 e. The quantitative estimate of drug-likeness (QED) is 0.847. The van der Waals surface area contributed by atoms with Crippen molar-refractivity contribution in [3.63, 3.8) is 0 Å². The maximum atomic E-state index is 8.75. The van der Waals surface area contributed by atoms with Crippen molar-refractivity contribution in [3.05, 3.63) is 47.8 Å². The first-order valence-corrected chi connectivity index (χ1v) is 6.66. The molecule has 4 heteroatoms. The van der Waals surface area contributed by atoms with Gasteiger partial charge in [-0.3, -0.25) is 4.68 Å². The highest BCUT2D eigenvalue weighted by Crippen LogP contribution is 2.18. The van der Waals surface area contributed by atoms with Gasteiger partial charge >= 0.3 is 0 Å². The van der Waals surface area contributed by atoms with Crippen LogP contribution in [0.25, 0.3) is 0 Å². The molecule has 0 bridgehead atoms.